The van der Waals surface area contributed by atoms with Crippen LogP contribution < -0.4 is 5.32 Å². The predicted octanol–water partition coefficient (Wildman–Crippen LogP) is 1.11. The molecule has 0 saturated heterocycles. The Bertz CT molecular complexity index is 509. The number of aryl methyl sites for hydroxylation is 3. The summed E-state index contributed by atoms with van der Waals surface area (Å²) in [5.74, 6) is 0. The van der Waals surface area contributed by atoms with Crippen molar-refractivity contribution in [1.82, 2.24) is 24.6 Å². The zero-order valence-electron chi connectivity index (χ0n) is 10.7. The van der Waals surface area contributed by atoms with Crippen molar-refractivity contribution in [3.8, 4) is 0 Å². The topological polar surface area (TPSA) is 47.7 Å². The molecule has 2 heterocycles. The summed E-state index contributed by atoms with van der Waals surface area (Å²) < 4.78 is 4.06. The minimum Gasteiger partial charge on any atom is -0.333 e. The maximum Gasteiger partial charge on any atom is 0.0948 e. The molecule has 1 aliphatic rings. The minimum absolute atomic E-state index is 0.740. The van der Waals surface area contributed by atoms with Crippen molar-refractivity contribution in [2.24, 2.45) is 7.05 Å². The van der Waals surface area contributed by atoms with Gasteiger partial charge in [0.15, 0.2) is 0 Å². The fourth-order valence-corrected chi connectivity index (χ4v) is 2.06. The first-order valence-electron chi connectivity index (χ1n) is 6.52. The highest BCUT2D eigenvalue weighted by atomic mass is 15.2. The smallest absolute Gasteiger partial charge is 0.0948 e. The highest BCUT2D eigenvalue weighted by Crippen LogP contribution is 2.19. The highest BCUT2D eigenvalue weighted by molar-refractivity contribution is 5.02. The zero-order chi connectivity index (χ0) is 12.4. The summed E-state index contributed by atoms with van der Waals surface area (Å²) in [5, 5.41) is 7.91. The molecule has 0 unspecified atom stereocenters. The van der Waals surface area contributed by atoms with Gasteiger partial charge in [0.25, 0.3) is 0 Å². The van der Waals surface area contributed by atoms with Crippen LogP contribution in [-0.4, -0.2) is 25.4 Å². The van der Waals surface area contributed by atoms with Gasteiger partial charge in [0, 0.05) is 45.0 Å². The maximum atomic E-state index is 4.39. The van der Waals surface area contributed by atoms with E-state index in [0.29, 0.717) is 0 Å². The van der Waals surface area contributed by atoms with Crippen LogP contribution in [0.15, 0.2) is 24.8 Å². The van der Waals surface area contributed by atoms with Crippen molar-refractivity contribution < 1.29 is 0 Å². The average Bonchev–Trinajstić information content (AvgIpc) is 2.93. The van der Waals surface area contributed by atoms with Crippen LogP contribution in [0.5, 0.6) is 0 Å². The molecule has 5 nitrogen and oxygen atoms in total. The number of aromatic nitrogens is 4. The van der Waals surface area contributed by atoms with Gasteiger partial charge in [-0.15, -0.1) is 0 Å². The lowest BCUT2D eigenvalue weighted by Gasteiger charge is -2.07. The van der Waals surface area contributed by atoms with Gasteiger partial charge in [0.1, 0.15) is 0 Å². The predicted molar refractivity (Wildman–Crippen MR) is 69.0 cm³/mol. The number of nitrogens with one attached hydrogen (secondary N) is 1. The third kappa shape index (κ3) is 2.79. The molecule has 0 radical (unpaired) electrons. The van der Waals surface area contributed by atoms with Crippen LogP contribution in [0, 0.1) is 0 Å². The first kappa shape index (κ1) is 11.5. The second-order valence-corrected chi connectivity index (χ2v) is 4.96. The van der Waals surface area contributed by atoms with E-state index in [1.807, 2.05) is 30.5 Å². The Morgan fingerprint density at radius 3 is 3.06 bits per heavy atom. The molecule has 1 saturated carbocycles. The van der Waals surface area contributed by atoms with Crippen LogP contribution in [0.4, 0.5) is 0 Å². The van der Waals surface area contributed by atoms with Crippen LogP contribution in [0.3, 0.4) is 0 Å². The van der Waals surface area contributed by atoms with Crippen LogP contribution in [0.2, 0.25) is 0 Å². The molecule has 5 heteroatoms. The molecule has 0 bridgehead atoms. The second kappa shape index (κ2) is 4.94. The number of hydrogen-bond donors (Lipinski definition) is 1. The number of hydrogen-bond acceptors (Lipinski definition) is 3. The molecule has 1 N–H and O–H groups in total. The summed E-state index contributed by atoms with van der Waals surface area (Å²) >= 11 is 0. The van der Waals surface area contributed by atoms with E-state index >= 15 is 0 Å². The van der Waals surface area contributed by atoms with Gasteiger partial charge in [-0.2, -0.15) is 5.10 Å². The normalized spacial score (nSPS) is 15.2. The summed E-state index contributed by atoms with van der Waals surface area (Å²) in [7, 11) is 1.95. The SMILES string of the molecule is Cn1ccc(CCn2cncc2CNC2CC2)n1. The molecular weight excluding hydrogens is 226 g/mol. The molecule has 0 aromatic carbocycles. The van der Waals surface area contributed by atoms with Crippen LogP contribution in [0.25, 0.3) is 0 Å². The summed E-state index contributed by atoms with van der Waals surface area (Å²) in [6, 6.07) is 2.81. The van der Waals surface area contributed by atoms with E-state index in [0.717, 1.165) is 31.2 Å². The van der Waals surface area contributed by atoms with Gasteiger partial charge in [0.05, 0.1) is 17.7 Å². The maximum absolute atomic E-state index is 4.39. The Labute approximate surface area is 107 Å². The Balaban J connectivity index is 1.56. The molecule has 2 aromatic heterocycles. The van der Waals surface area contributed by atoms with Gasteiger partial charge in [-0.1, -0.05) is 0 Å². The van der Waals surface area contributed by atoms with E-state index in [9.17, 15) is 0 Å². The Morgan fingerprint density at radius 1 is 1.44 bits per heavy atom. The summed E-state index contributed by atoms with van der Waals surface area (Å²) in [5.41, 5.74) is 2.39. The lowest BCUT2D eigenvalue weighted by atomic mass is 10.3. The molecule has 3 rings (SSSR count). The van der Waals surface area contributed by atoms with Crippen molar-refractivity contribution in [1.29, 1.82) is 0 Å². The molecule has 0 spiro atoms. The lowest BCUT2D eigenvalue weighted by Crippen LogP contribution is -2.18. The quantitative estimate of drug-likeness (QED) is 0.829. The van der Waals surface area contributed by atoms with E-state index in [1.165, 1.54) is 18.5 Å². The molecule has 0 amide bonds. The van der Waals surface area contributed by atoms with Crippen molar-refractivity contribution in [2.45, 2.75) is 38.4 Å². The number of nitrogens with zero attached hydrogens (tertiary/aromatic N) is 4. The molecule has 1 aliphatic carbocycles. The summed E-state index contributed by atoms with van der Waals surface area (Å²) in [6.07, 6.45) is 9.44. The molecule has 0 aliphatic heterocycles. The Morgan fingerprint density at radius 2 is 2.33 bits per heavy atom. The molecule has 1 fully saturated rings. The van der Waals surface area contributed by atoms with Crippen LogP contribution in [-0.2, 0) is 26.6 Å². The first-order chi connectivity index (χ1) is 8.81. The van der Waals surface area contributed by atoms with Crippen molar-refractivity contribution in [3.05, 3.63) is 36.2 Å². The summed E-state index contributed by atoms with van der Waals surface area (Å²) in [6.45, 7) is 1.87. The molecule has 96 valence electrons. The van der Waals surface area contributed by atoms with Gasteiger partial charge >= 0.3 is 0 Å². The second-order valence-electron chi connectivity index (χ2n) is 4.96. The molecule has 0 atom stereocenters. The molecule has 18 heavy (non-hydrogen) atoms. The largest absolute Gasteiger partial charge is 0.333 e. The monoisotopic (exact) mass is 245 g/mol. The fraction of sp³-hybridized carbons (Fsp3) is 0.538. The van der Waals surface area contributed by atoms with E-state index < -0.39 is 0 Å². The standard InChI is InChI=1S/C13H19N5/c1-17-6-4-12(16-17)5-7-18-10-14-8-13(18)9-15-11-2-3-11/h4,6,8,10-11,15H,2-3,5,7,9H2,1H3. The minimum atomic E-state index is 0.740. The molecular formula is C13H19N5. The third-order valence-electron chi connectivity index (χ3n) is 3.33. The lowest BCUT2D eigenvalue weighted by molar-refractivity contribution is 0.598. The zero-order valence-corrected chi connectivity index (χ0v) is 10.7. The summed E-state index contributed by atoms with van der Waals surface area (Å²) in [4.78, 5) is 4.24. The Kier molecular flexibility index (Phi) is 3.15. The average molecular weight is 245 g/mol. The third-order valence-corrected chi connectivity index (χ3v) is 3.33. The van der Waals surface area contributed by atoms with Gasteiger partial charge in [0.2, 0.25) is 0 Å². The van der Waals surface area contributed by atoms with Gasteiger partial charge in [-0.3, -0.25) is 4.68 Å². The highest BCUT2D eigenvalue weighted by Gasteiger charge is 2.20. The van der Waals surface area contributed by atoms with E-state index in [2.05, 4.69) is 26.0 Å². The van der Waals surface area contributed by atoms with Gasteiger partial charge in [-0.05, 0) is 18.9 Å². The van der Waals surface area contributed by atoms with E-state index in [1.54, 1.807) is 0 Å². The van der Waals surface area contributed by atoms with E-state index in [-0.39, 0.29) is 0 Å². The molecule has 2 aromatic rings. The van der Waals surface area contributed by atoms with Crippen LogP contribution in [0.1, 0.15) is 24.2 Å². The van der Waals surface area contributed by atoms with Gasteiger partial charge in [-0.25, -0.2) is 4.98 Å². The fourth-order valence-electron chi connectivity index (χ4n) is 2.06. The number of rotatable bonds is 6. The van der Waals surface area contributed by atoms with Crippen molar-refractivity contribution in [3.63, 3.8) is 0 Å². The van der Waals surface area contributed by atoms with Gasteiger partial charge < -0.3 is 9.88 Å². The Hall–Kier alpha value is -1.62. The van der Waals surface area contributed by atoms with Crippen molar-refractivity contribution in [2.75, 3.05) is 0 Å². The first-order valence-corrected chi connectivity index (χ1v) is 6.52. The van der Waals surface area contributed by atoms with Crippen molar-refractivity contribution >= 4 is 0 Å². The van der Waals surface area contributed by atoms with Crippen LogP contribution >= 0.6 is 0 Å². The number of imidazole rings is 1. The van der Waals surface area contributed by atoms with E-state index in [4.69, 9.17) is 0 Å².